The third-order valence-electron chi connectivity index (χ3n) is 2.13. The molecule has 0 aliphatic heterocycles. The second-order valence-corrected chi connectivity index (χ2v) is 4.23. The summed E-state index contributed by atoms with van der Waals surface area (Å²) in [5, 5.41) is 5.25. The number of nitrogens with one attached hydrogen (secondary N) is 1. The van der Waals surface area contributed by atoms with Gasteiger partial charge in [-0.15, -0.1) is 17.8 Å². The Balaban J connectivity index is 2.48. The van der Waals surface area contributed by atoms with E-state index in [0.717, 1.165) is 16.0 Å². The van der Waals surface area contributed by atoms with E-state index >= 15 is 0 Å². The standard InChI is InChI=1S/C11H11N3S/c1-4-8(3)14-11-10-9(12-6-13-11)7(2)5-15-10/h1,5-6,8H,2-3H3,(H,12,13,14). The highest BCUT2D eigenvalue weighted by Gasteiger charge is 2.08. The van der Waals surface area contributed by atoms with Gasteiger partial charge < -0.3 is 5.32 Å². The summed E-state index contributed by atoms with van der Waals surface area (Å²) in [4.78, 5) is 8.44. The Morgan fingerprint density at radius 3 is 3.07 bits per heavy atom. The average Bonchev–Trinajstić information content (AvgIpc) is 2.62. The van der Waals surface area contributed by atoms with Crippen molar-refractivity contribution in [2.75, 3.05) is 5.32 Å². The van der Waals surface area contributed by atoms with Gasteiger partial charge in [-0.05, 0) is 24.8 Å². The van der Waals surface area contributed by atoms with E-state index in [1.807, 2.05) is 13.8 Å². The fraction of sp³-hybridized carbons (Fsp3) is 0.273. The molecule has 1 atom stereocenters. The molecule has 1 unspecified atom stereocenters. The molecular formula is C11H11N3S. The fourth-order valence-corrected chi connectivity index (χ4v) is 2.27. The maximum Gasteiger partial charge on any atom is 0.148 e. The fourth-order valence-electron chi connectivity index (χ4n) is 1.32. The van der Waals surface area contributed by atoms with E-state index in [1.54, 1.807) is 17.7 Å². The molecule has 15 heavy (non-hydrogen) atoms. The molecule has 76 valence electrons. The maximum absolute atomic E-state index is 5.32. The first kappa shape index (κ1) is 9.94. The number of aromatic nitrogens is 2. The molecule has 0 aliphatic carbocycles. The molecule has 0 spiro atoms. The van der Waals surface area contributed by atoms with Gasteiger partial charge in [0.1, 0.15) is 12.1 Å². The Morgan fingerprint density at radius 1 is 1.53 bits per heavy atom. The van der Waals surface area contributed by atoms with E-state index in [-0.39, 0.29) is 6.04 Å². The monoisotopic (exact) mass is 217 g/mol. The summed E-state index contributed by atoms with van der Waals surface area (Å²) in [5.74, 6) is 3.44. The first-order chi connectivity index (χ1) is 7.22. The van der Waals surface area contributed by atoms with Gasteiger partial charge in [0.2, 0.25) is 0 Å². The average molecular weight is 217 g/mol. The smallest absolute Gasteiger partial charge is 0.148 e. The number of hydrogen-bond acceptors (Lipinski definition) is 4. The summed E-state index contributed by atoms with van der Waals surface area (Å²) in [5.41, 5.74) is 2.18. The van der Waals surface area contributed by atoms with Crippen molar-refractivity contribution in [2.45, 2.75) is 19.9 Å². The van der Waals surface area contributed by atoms with E-state index in [0.29, 0.717) is 0 Å². The molecule has 0 fully saturated rings. The zero-order valence-corrected chi connectivity index (χ0v) is 9.43. The van der Waals surface area contributed by atoms with Gasteiger partial charge in [-0.3, -0.25) is 0 Å². The molecule has 4 heteroatoms. The van der Waals surface area contributed by atoms with Crippen molar-refractivity contribution >= 4 is 27.4 Å². The number of terminal acetylenes is 1. The van der Waals surface area contributed by atoms with Crippen LogP contribution in [-0.2, 0) is 0 Å². The lowest BCUT2D eigenvalue weighted by Crippen LogP contribution is -2.13. The van der Waals surface area contributed by atoms with Gasteiger partial charge in [0.15, 0.2) is 0 Å². The number of thiophene rings is 1. The van der Waals surface area contributed by atoms with Crippen LogP contribution in [0.5, 0.6) is 0 Å². The Kier molecular flexibility index (Phi) is 2.57. The second-order valence-electron chi connectivity index (χ2n) is 3.35. The van der Waals surface area contributed by atoms with Crippen LogP contribution in [0.2, 0.25) is 0 Å². The molecule has 0 aromatic carbocycles. The van der Waals surface area contributed by atoms with E-state index < -0.39 is 0 Å². The Labute approximate surface area is 92.6 Å². The normalized spacial score (nSPS) is 12.3. The molecule has 0 aliphatic rings. The summed E-state index contributed by atoms with van der Waals surface area (Å²) in [6.45, 7) is 3.97. The number of anilines is 1. The van der Waals surface area contributed by atoms with Crippen molar-refractivity contribution in [3.05, 3.63) is 17.3 Å². The first-order valence-electron chi connectivity index (χ1n) is 4.64. The van der Waals surface area contributed by atoms with Crippen LogP contribution < -0.4 is 5.32 Å². The van der Waals surface area contributed by atoms with Crippen LogP contribution in [-0.4, -0.2) is 16.0 Å². The molecule has 1 N–H and O–H groups in total. The summed E-state index contributed by atoms with van der Waals surface area (Å²) in [6, 6.07) is -0.0227. The van der Waals surface area contributed by atoms with Gasteiger partial charge in [-0.2, -0.15) is 0 Å². The van der Waals surface area contributed by atoms with Crippen LogP contribution in [0.15, 0.2) is 11.7 Å². The van der Waals surface area contributed by atoms with Crippen LogP contribution in [0.1, 0.15) is 12.5 Å². The third-order valence-corrected chi connectivity index (χ3v) is 3.23. The van der Waals surface area contributed by atoms with Crippen LogP contribution >= 0.6 is 11.3 Å². The molecule has 2 heterocycles. The molecule has 0 amide bonds. The van der Waals surface area contributed by atoms with Crippen molar-refractivity contribution in [1.29, 1.82) is 0 Å². The van der Waals surface area contributed by atoms with Crippen molar-refractivity contribution in [3.63, 3.8) is 0 Å². The minimum atomic E-state index is -0.0227. The predicted molar refractivity (Wildman–Crippen MR) is 64.1 cm³/mol. The molecule has 0 saturated carbocycles. The summed E-state index contributed by atoms with van der Waals surface area (Å²) in [6.07, 6.45) is 6.88. The van der Waals surface area contributed by atoms with Crippen LogP contribution in [0.4, 0.5) is 5.82 Å². The lowest BCUT2D eigenvalue weighted by molar-refractivity contribution is 1.01. The molecule has 2 aromatic heterocycles. The predicted octanol–water partition coefficient (Wildman–Crippen LogP) is 2.43. The van der Waals surface area contributed by atoms with Gasteiger partial charge in [-0.1, -0.05) is 5.92 Å². The van der Waals surface area contributed by atoms with Crippen molar-refractivity contribution in [2.24, 2.45) is 0 Å². The number of aryl methyl sites for hydroxylation is 1. The Bertz CT molecular complexity index is 524. The lowest BCUT2D eigenvalue weighted by atomic mass is 10.3. The van der Waals surface area contributed by atoms with E-state index in [9.17, 15) is 0 Å². The van der Waals surface area contributed by atoms with E-state index in [1.165, 1.54) is 5.56 Å². The summed E-state index contributed by atoms with van der Waals surface area (Å²) >= 11 is 1.64. The Hall–Kier alpha value is -1.60. The SMILES string of the molecule is C#CC(C)Nc1ncnc2c(C)csc12. The highest BCUT2D eigenvalue weighted by atomic mass is 32.1. The highest BCUT2D eigenvalue weighted by molar-refractivity contribution is 7.18. The van der Waals surface area contributed by atoms with Crippen LogP contribution in [0.3, 0.4) is 0 Å². The van der Waals surface area contributed by atoms with Crippen molar-refractivity contribution < 1.29 is 0 Å². The molecule has 0 radical (unpaired) electrons. The number of hydrogen-bond donors (Lipinski definition) is 1. The summed E-state index contributed by atoms with van der Waals surface area (Å²) < 4.78 is 1.07. The van der Waals surface area contributed by atoms with Crippen molar-refractivity contribution in [1.82, 2.24) is 9.97 Å². The quantitative estimate of drug-likeness (QED) is 0.785. The molecule has 0 bridgehead atoms. The van der Waals surface area contributed by atoms with Crippen LogP contribution in [0.25, 0.3) is 10.2 Å². The van der Waals surface area contributed by atoms with E-state index in [4.69, 9.17) is 6.42 Å². The summed E-state index contributed by atoms with van der Waals surface area (Å²) in [7, 11) is 0. The molecule has 2 aromatic rings. The molecule has 0 saturated heterocycles. The minimum absolute atomic E-state index is 0.0227. The van der Waals surface area contributed by atoms with E-state index in [2.05, 4.69) is 26.6 Å². The molecule has 3 nitrogen and oxygen atoms in total. The zero-order valence-electron chi connectivity index (χ0n) is 8.61. The van der Waals surface area contributed by atoms with Gasteiger partial charge in [0.05, 0.1) is 16.3 Å². The van der Waals surface area contributed by atoms with Gasteiger partial charge in [0, 0.05) is 0 Å². The maximum atomic E-state index is 5.32. The lowest BCUT2D eigenvalue weighted by Gasteiger charge is -2.08. The van der Waals surface area contributed by atoms with Crippen LogP contribution in [0, 0.1) is 19.3 Å². The Morgan fingerprint density at radius 2 is 2.33 bits per heavy atom. The van der Waals surface area contributed by atoms with Gasteiger partial charge in [0.25, 0.3) is 0 Å². The highest BCUT2D eigenvalue weighted by Crippen LogP contribution is 2.28. The zero-order chi connectivity index (χ0) is 10.8. The number of fused-ring (bicyclic) bond motifs is 1. The van der Waals surface area contributed by atoms with Crippen molar-refractivity contribution in [3.8, 4) is 12.3 Å². The topological polar surface area (TPSA) is 37.8 Å². The minimum Gasteiger partial charge on any atom is -0.355 e. The van der Waals surface area contributed by atoms with Gasteiger partial charge in [-0.25, -0.2) is 9.97 Å². The third kappa shape index (κ3) is 1.79. The molecular weight excluding hydrogens is 206 g/mol. The second kappa shape index (κ2) is 3.87. The number of nitrogens with zero attached hydrogens (tertiary/aromatic N) is 2. The van der Waals surface area contributed by atoms with Gasteiger partial charge >= 0.3 is 0 Å². The first-order valence-corrected chi connectivity index (χ1v) is 5.52. The number of rotatable bonds is 2. The largest absolute Gasteiger partial charge is 0.355 e. The molecule has 2 rings (SSSR count).